The highest BCUT2D eigenvalue weighted by Gasteiger charge is 2.47. The van der Waals surface area contributed by atoms with E-state index >= 15 is 0 Å². The van der Waals surface area contributed by atoms with Crippen LogP contribution in [0, 0.1) is 13.8 Å². The van der Waals surface area contributed by atoms with Gasteiger partial charge >= 0.3 is 0 Å². The first-order valence-electron chi connectivity index (χ1n) is 10.4. The summed E-state index contributed by atoms with van der Waals surface area (Å²) in [6.45, 7) is 3.92. The number of benzene rings is 3. The number of fused-ring (bicyclic) bond motifs is 1. The Hall–Kier alpha value is -3.70. The predicted octanol–water partition coefficient (Wildman–Crippen LogP) is 6.14. The summed E-state index contributed by atoms with van der Waals surface area (Å²) in [5.41, 5.74) is 3.32. The number of amides is 1. The highest BCUT2D eigenvalue weighted by Crippen LogP contribution is 2.44. The molecule has 1 N–H and O–H groups in total. The number of anilines is 1. The van der Waals surface area contributed by atoms with Crippen LogP contribution in [0.1, 0.15) is 27.6 Å². The molecule has 0 radical (unpaired) electrons. The van der Waals surface area contributed by atoms with Gasteiger partial charge in [-0.1, -0.05) is 54.6 Å². The second kappa shape index (κ2) is 7.77. The minimum atomic E-state index is -0.685. The molecular formula is C27H21NO3S. The minimum Gasteiger partial charge on any atom is -0.507 e. The fraction of sp³-hybridized carbons (Fsp3) is 0.111. The zero-order valence-electron chi connectivity index (χ0n) is 17.7. The first-order chi connectivity index (χ1) is 15.5. The molecule has 1 unspecified atom stereocenters. The van der Waals surface area contributed by atoms with Crippen molar-refractivity contribution in [2.75, 3.05) is 4.90 Å². The number of Topliss-reactive ketones (excluding diaryl/α,β-unsaturated/α-hetero) is 1. The second-order valence-corrected chi connectivity index (χ2v) is 9.04. The molecule has 1 aliphatic heterocycles. The van der Waals surface area contributed by atoms with Crippen molar-refractivity contribution < 1.29 is 14.7 Å². The van der Waals surface area contributed by atoms with Crippen molar-refractivity contribution in [1.82, 2.24) is 0 Å². The number of aliphatic hydroxyl groups excluding tert-OH is 1. The van der Waals surface area contributed by atoms with E-state index < -0.39 is 17.7 Å². The van der Waals surface area contributed by atoms with Crippen LogP contribution in [0.15, 0.2) is 83.7 Å². The van der Waals surface area contributed by atoms with Crippen LogP contribution in [0.3, 0.4) is 0 Å². The van der Waals surface area contributed by atoms with Crippen molar-refractivity contribution in [1.29, 1.82) is 0 Å². The lowest BCUT2D eigenvalue weighted by Crippen LogP contribution is -2.29. The van der Waals surface area contributed by atoms with Gasteiger partial charge in [-0.05, 0) is 59.3 Å². The molecule has 1 aromatic heterocycles. The summed E-state index contributed by atoms with van der Waals surface area (Å²) in [6, 6.07) is 22.2. The number of ketones is 1. The largest absolute Gasteiger partial charge is 0.507 e. The Kier molecular flexibility index (Phi) is 4.91. The van der Waals surface area contributed by atoms with Crippen molar-refractivity contribution >= 4 is 45.2 Å². The van der Waals surface area contributed by atoms with Crippen LogP contribution in [0.5, 0.6) is 0 Å². The number of aliphatic hydroxyl groups is 1. The van der Waals surface area contributed by atoms with Gasteiger partial charge in [-0.3, -0.25) is 14.5 Å². The molecule has 0 aliphatic carbocycles. The average molecular weight is 440 g/mol. The minimum absolute atomic E-state index is 0.118. The highest BCUT2D eigenvalue weighted by atomic mass is 32.1. The second-order valence-electron chi connectivity index (χ2n) is 8.06. The van der Waals surface area contributed by atoms with Gasteiger partial charge in [0.1, 0.15) is 11.8 Å². The highest BCUT2D eigenvalue weighted by molar-refractivity contribution is 7.10. The molecule has 4 nitrogen and oxygen atoms in total. The number of carbonyl (C=O) groups excluding carboxylic acids is 2. The maximum atomic E-state index is 13.3. The SMILES string of the molecule is Cc1cc(C)cc(N2C(=O)C(=O)/C(=C(\O)c3cccc4ccccc34)C2c2cccs2)c1. The molecule has 5 heteroatoms. The van der Waals surface area contributed by atoms with Gasteiger partial charge in [0.2, 0.25) is 0 Å². The molecule has 1 fully saturated rings. The first kappa shape index (κ1) is 20.2. The van der Waals surface area contributed by atoms with E-state index in [1.165, 1.54) is 16.2 Å². The smallest absolute Gasteiger partial charge is 0.300 e. The van der Waals surface area contributed by atoms with Crippen molar-refractivity contribution in [3.63, 3.8) is 0 Å². The third-order valence-corrected chi connectivity index (χ3v) is 6.71. The lowest BCUT2D eigenvalue weighted by atomic mass is 9.96. The molecule has 0 bridgehead atoms. The fourth-order valence-corrected chi connectivity index (χ4v) is 5.31. The quantitative estimate of drug-likeness (QED) is 0.237. The van der Waals surface area contributed by atoms with E-state index in [0.717, 1.165) is 26.8 Å². The summed E-state index contributed by atoms with van der Waals surface area (Å²) >= 11 is 1.46. The zero-order chi connectivity index (χ0) is 22.4. The van der Waals surface area contributed by atoms with Gasteiger partial charge in [-0.2, -0.15) is 0 Å². The van der Waals surface area contributed by atoms with E-state index in [1.807, 2.05) is 86.0 Å². The Morgan fingerprint density at radius 1 is 0.906 bits per heavy atom. The molecule has 2 heterocycles. The monoisotopic (exact) mass is 439 g/mol. The van der Waals surface area contributed by atoms with Crippen LogP contribution >= 0.6 is 11.3 Å². The first-order valence-corrected chi connectivity index (χ1v) is 11.2. The van der Waals surface area contributed by atoms with Crippen LogP contribution in [0.25, 0.3) is 16.5 Å². The van der Waals surface area contributed by atoms with Gasteiger partial charge in [0.15, 0.2) is 0 Å². The number of carbonyl (C=O) groups is 2. The molecular weight excluding hydrogens is 418 g/mol. The number of nitrogens with zero attached hydrogens (tertiary/aromatic N) is 1. The molecule has 0 saturated carbocycles. The Morgan fingerprint density at radius 2 is 1.62 bits per heavy atom. The molecule has 5 rings (SSSR count). The van der Waals surface area contributed by atoms with E-state index in [4.69, 9.17) is 0 Å². The predicted molar refractivity (Wildman–Crippen MR) is 129 cm³/mol. The molecule has 1 atom stereocenters. The third-order valence-electron chi connectivity index (χ3n) is 5.79. The van der Waals surface area contributed by atoms with Gasteiger partial charge in [0, 0.05) is 16.1 Å². The summed E-state index contributed by atoms with van der Waals surface area (Å²) in [5, 5.41) is 15.1. The fourth-order valence-electron chi connectivity index (χ4n) is 4.48. The molecule has 0 spiro atoms. The average Bonchev–Trinajstić information content (AvgIpc) is 3.39. The molecule has 158 valence electrons. The number of rotatable bonds is 3. The summed E-state index contributed by atoms with van der Waals surface area (Å²) in [5.74, 6) is -1.45. The lowest BCUT2D eigenvalue weighted by Gasteiger charge is -2.25. The molecule has 4 aromatic rings. The molecule has 3 aromatic carbocycles. The van der Waals surface area contributed by atoms with Gasteiger partial charge < -0.3 is 5.11 Å². The number of aryl methyl sites for hydroxylation is 2. The summed E-state index contributed by atoms with van der Waals surface area (Å²) in [6.07, 6.45) is 0. The van der Waals surface area contributed by atoms with Crippen LogP contribution in [0.4, 0.5) is 5.69 Å². The summed E-state index contributed by atoms with van der Waals surface area (Å²) in [4.78, 5) is 28.9. The maximum absolute atomic E-state index is 13.3. The van der Waals surface area contributed by atoms with Crippen LogP contribution in [0.2, 0.25) is 0 Å². The van der Waals surface area contributed by atoms with Crippen molar-refractivity contribution in [2.45, 2.75) is 19.9 Å². The Bertz CT molecular complexity index is 1380. The van der Waals surface area contributed by atoms with E-state index in [9.17, 15) is 14.7 Å². The Morgan fingerprint density at radius 3 is 2.34 bits per heavy atom. The molecule has 32 heavy (non-hydrogen) atoms. The standard InChI is InChI=1S/C27H21NO3S/c1-16-13-17(2)15-19(14-16)28-24(22-11-6-12-32-22)23(26(30)27(28)31)25(29)21-10-5-8-18-7-3-4-9-20(18)21/h3-15,24,29H,1-2H3/b25-23-. The van der Waals surface area contributed by atoms with Gasteiger partial charge in [0.25, 0.3) is 11.7 Å². The molecule has 1 aliphatic rings. The number of hydrogen-bond acceptors (Lipinski definition) is 4. The van der Waals surface area contributed by atoms with Crippen LogP contribution in [-0.4, -0.2) is 16.8 Å². The van der Waals surface area contributed by atoms with Crippen LogP contribution in [-0.2, 0) is 9.59 Å². The maximum Gasteiger partial charge on any atom is 0.300 e. The summed E-state index contributed by atoms with van der Waals surface area (Å²) in [7, 11) is 0. The number of hydrogen-bond donors (Lipinski definition) is 1. The van der Waals surface area contributed by atoms with E-state index in [-0.39, 0.29) is 11.3 Å². The van der Waals surface area contributed by atoms with Gasteiger partial charge in [-0.25, -0.2) is 0 Å². The van der Waals surface area contributed by atoms with E-state index in [0.29, 0.717) is 11.3 Å². The van der Waals surface area contributed by atoms with Crippen molar-refractivity contribution in [3.8, 4) is 0 Å². The Labute approximate surface area is 190 Å². The van der Waals surface area contributed by atoms with Crippen LogP contribution < -0.4 is 4.90 Å². The van der Waals surface area contributed by atoms with Gasteiger partial charge in [0.05, 0.1) is 5.57 Å². The number of thiophene rings is 1. The Balaban J connectivity index is 1.77. The van der Waals surface area contributed by atoms with E-state index in [2.05, 4.69) is 0 Å². The van der Waals surface area contributed by atoms with E-state index in [1.54, 1.807) is 6.07 Å². The topological polar surface area (TPSA) is 57.6 Å². The summed E-state index contributed by atoms with van der Waals surface area (Å²) < 4.78 is 0. The normalized spacial score (nSPS) is 17.9. The van der Waals surface area contributed by atoms with Crippen molar-refractivity contribution in [3.05, 3.63) is 105 Å². The van der Waals surface area contributed by atoms with Gasteiger partial charge in [-0.15, -0.1) is 11.3 Å². The van der Waals surface area contributed by atoms with Crippen molar-refractivity contribution in [2.24, 2.45) is 0 Å². The molecule has 1 saturated heterocycles. The lowest BCUT2D eigenvalue weighted by molar-refractivity contribution is -0.132. The molecule has 1 amide bonds. The zero-order valence-corrected chi connectivity index (χ0v) is 18.5. The third kappa shape index (κ3) is 3.22.